The maximum Gasteiger partial charge on any atom is 0.339 e. The Morgan fingerprint density at radius 3 is 2.73 bits per heavy atom. The van der Waals surface area contributed by atoms with Gasteiger partial charge in [-0.1, -0.05) is 36.0 Å². The molecule has 0 aliphatic heterocycles. The largest absolute Gasteiger partial charge is 0.465 e. The van der Waals surface area contributed by atoms with Gasteiger partial charge in [-0.2, -0.15) is 0 Å². The Balaban J connectivity index is 1.66. The van der Waals surface area contributed by atoms with Crippen LogP contribution in [0.15, 0.2) is 63.9 Å². The fourth-order valence-corrected chi connectivity index (χ4v) is 4.92. The van der Waals surface area contributed by atoms with Crippen LogP contribution in [0, 0.1) is 13.8 Å². The van der Waals surface area contributed by atoms with Crippen molar-refractivity contribution in [3.8, 4) is 5.69 Å². The van der Waals surface area contributed by atoms with E-state index in [2.05, 4.69) is 10.3 Å². The number of aromatic nitrogens is 2. The van der Waals surface area contributed by atoms with Crippen molar-refractivity contribution in [2.75, 3.05) is 18.2 Å². The number of hydrogen-bond donors (Lipinski definition) is 1. The van der Waals surface area contributed by atoms with Gasteiger partial charge < -0.3 is 10.1 Å². The molecule has 0 aliphatic rings. The van der Waals surface area contributed by atoms with E-state index in [4.69, 9.17) is 4.74 Å². The van der Waals surface area contributed by atoms with Crippen LogP contribution >= 0.6 is 23.1 Å². The number of esters is 1. The van der Waals surface area contributed by atoms with E-state index in [1.165, 1.54) is 18.4 Å². The number of para-hydroxylation sites is 1. The van der Waals surface area contributed by atoms with Crippen molar-refractivity contribution in [2.45, 2.75) is 19.0 Å². The molecule has 7 nitrogen and oxygen atoms in total. The van der Waals surface area contributed by atoms with Gasteiger partial charge in [0.2, 0.25) is 5.91 Å². The molecule has 0 unspecified atom stereocenters. The fourth-order valence-electron chi connectivity index (χ4n) is 3.36. The van der Waals surface area contributed by atoms with Crippen LogP contribution in [-0.2, 0) is 9.53 Å². The van der Waals surface area contributed by atoms with Crippen LogP contribution in [0.3, 0.4) is 0 Å². The summed E-state index contributed by atoms with van der Waals surface area (Å²) < 4.78 is 6.91. The number of fused-ring (bicyclic) bond motifs is 1. The summed E-state index contributed by atoms with van der Waals surface area (Å²) in [6.07, 6.45) is 0. The molecule has 0 atom stereocenters. The number of hydrogen-bond acceptors (Lipinski definition) is 7. The molecule has 0 aliphatic carbocycles. The zero-order chi connectivity index (χ0) is 23.5. The van der Waals surface area contributed by atoms with Gasteiger partial charge in [0.15, 0.2) is 5.16 Å². The smallest absolute Gasteiger partial charge is 0.339 e. The first kappa shape index (κ1) is 22.8. The van der Waals surface area contributed by atoms with Crippen molar-refractivity contribution in [3.63, 3.8) is 0 Å². The summed E-state index contributed by atoms with van der Waals surface area (Å²) in [7, 11) is 1.29. The van der Waals surface area contributed by atoms with Crippen molar-refractivity contribution in [1.82, 2.24) is 9.55 Å². The summed E-state index contributed by atoms with van der Waals surface area (Å²) in [6, 6.07) is 14.3. The summed E-state index contributed by atoms with van der Waals surface area (Å²) in [5.41, 5.74) is 3.75. The third-order valence-electron chi connectivity index (χ3n) is 4.99. The monoisotopic (exact) mass is 479 g/mol. The molecule has 0 radical (unpaired) electrons. The van der Waals surface area contributed by atoms with E-state index in [1.54, 1.807) is 34.9 Å². The van der Waals surface area contributed by atoms with Gasteiger partial charge in [-0.25, -0.2) is 9.78 Å². The summed E-state index contributed by atoms with van der Waals surface area (Å²) in [4.78, 5) is 42.7. The van der Waals surface area contributed by atoms with E-state index >= 15 is 0 Å². The SMILES string of the molecule is COC(=O)c1ccccc1NC(=O)CSc1nc2ccsc2c(=O)n1-c1cc(C)ccc1C. The number of methoxy groups -OCH3 is 1. The highest BCUT2D eigenvalue weighted by Gasteiger charge is 2.18. The lowest BCUT2D eigenvalue weighted by molar-refractivity contribution is -0.113. The lowest BCUT2D eigenvalue weighted by Crippen LogP contribution is -2.23. The van der Waals surface area contributed by atoms with Gasteiger partial charge >= 0.3 is 5.97 Å². The number of carbonyl (C=O) groups excluding carboxylic acids is 2. The second kappa shape index (κ2) is 9.60. The van der Waals surface area contributed by atoms with E-state index < -0.39 is 5.97 Å². The molecule has 0 saturated heterocycles. The maximum atomic E-state index is 13.3. The third kappa shape index (κ3) is 4.69. The number of carbonyl (C=O) groups is 2. The van der Waals surface area contributed by atoms with E-state index in [1.807, 2.05) is 37.4 Å². The summed E-state index contributed by atoms with van der Waals surface area (Å²) in [5.74, 6) is -0.863. The molecule has 33 heavy (non-hydrogen) atoms. The molecular weight excluding hydrogens is 458 g/mol. The van der Waals surface area contributed by atoms with E-state index in [0.717, 1.165) is 28.6 Å². The normalized spacial score (nSPS) is 10.9. The standard InChI is InChI=1S/C24H21N3O4S2/c1-14-8-9-15(2)19(12-14)27-22(29)21-18(10-11-32-21)26-24(27)33-13-20(28)25-17-7-5-4-6-16(17)23(30)31-3/h4-12H,13H2,1-3H3,(H,25,28). The van der Waals surface area contributed by atoms with Crippen molar-refractivity contribution in [1.29, 1.82) is 0 Å². The first-order chi connectivity index (χ1) is 15.9. The molecule has 2 aromatic heterocycles. The number of amides is 1. The number of aryl methyl sites for hydroxylation is 2. The number of ether oxygens (including phenoxy) is 1. The van der Waals surface area contributed by atoms with Crippen molar-refractivity contribution in [2.24, 2.45) is 0 Å². The summed E-state index contributed by atoms with van der Waals surface area (Å²) in [5, 5.41) is 5.01. The maximum absolute atomic E-state index is 13.3. The Morgan fingerprint density at radius 2 is 1.94 bits per heavy atom. The molecule has 1 amide bonds. The van der Waals surface area contributed by atoms with Crippen molar-refractivity contribution in [3.05, 3.63) is 81.0 Å². The molecule has 2 aromatic carbocycles. The zero-order valence-electron chi connectivity index (χ0n) is 18.2. The van der Waals surface area contributed by atoms with Crippen molar-refractivity contribution >= 4 is 50.9 Å². The quantitative estimate of drug-likeness (QED) is 0.247. The van der Waals surface area contributed by atoms with E-state index in [0.29, 0.717) is 21.1 Å². The third-order valence-corrected chi connectivity index (χ3v) is 6.82. The lowest BCUT2D eigenvalue weighted by Gasteiger charge is -2.15. The van der Waals surface area contributed by atoms with Crippen molar-refractivity contribution < 1.29 is 14.3 Å². The molecular formula is C24H21N3O4S2. The molecule has 0 spiro atoms. The van der Waals surface area contributed by atoms with Crippen LogP contribution in [0.5, 0.6) is 0 Å². The topological polar surface area (TPSA) is 90.3 Å². The highest BCUT2D eigenvalue weighted by atomic mass is 32.2. The molecule has 1 N–H and O–H groups in total. The Kier molecular flexibility index (Phi) is 6.62. The zero-order valence-corrected chi connectivity index (χ0v) is 19.9. The average molecular weight is 480 g/mol. The number of nitrogens with one attached hydrogen (secondary N) is 1. The number of thiophene rings is 1. The highest BCUT2D eigenvalue weighted by Crippen LogP contribution is 2.26. The Labute approximate surface area is 198 Å². The van der Waals surface area contributed by atoms with Gasteiger partial charge in [0.05, 0.1) is 35.3 Å². The average Bonchev–Trinajstić information content (AvgIpc) is 3.28. The van der Waals surface area contributed by atoms with Gasteiger partial charge in [-0.3, -0.25) is 14.2 Å². The van der Waals surface area contributed by atoms with Gasteiger partial charge in [-0.15, -0.1) is 11.3 Å². The fraction of sp³-hybridized carbons (Fsp3) is 0.167. The number of benzene rings is 2. The molecule has 0 fully saturated rings. The minimum absolute atomic E-state index is 0.00243. The molecule has 4 aromatic rings. The number of rotatable bonds is 6. The van der Waals surface area contributed by atoms with Gasteiger partial charge in [0.1, 0.15) is 4.70 Å². The first-order valence-electron chi connectivity index (χ1n) is 10.1. The number of anilines is 1. The predicted molar refractivity (Wildman–Crippen MR) is 132 cm³/mol. The van der Waals surface area contributed by atoms with Gasteiger partial charge in [0, 0.05) is 0 Å². The van der Waals surface area contributed by atoms with Crippen LogP contribution in [0.25, 0.3) is 15.9 Å². The molecule has 0 saturated carbocycles. The Hall–Kier alpha value is -3.43. The molecule has 4 rings (SSSR count). The van der Waals surface area contributed by atoms with Crippen LogP contribution in [0.2, 0.25) is 0 Å². The van der Waals surface area contributed by atoms with Crippen LogP contribution < -0.4 is 10.9 Å². The molecule has 2 heterocycles. The van der Waals surface area contributed by atoms with Crippen LogP contribution in [0.4, 0.5) is 5.69 Å². The Morgan fingerprint density at radius 1 is 1.15 bits per heavy atom. The Bertz CT molecular complexity index is 1420. The van der Waals surface area contributed by atoms with Crippen LogP contribution in [0.1, 0.15) is 21.5 Å². The molecule has 168 valence electrons. The second-order valence-corrected chi connectivity index (χ2v) is 9.19. The minimum atomic E-state index is -0.535. The molecule has 0 bridgehead atoms. The first-order valence-corrected chi connectivity index (χ1v) is 11.9. The van der Waals surface area contributed by atoms with Gasteiger partial charge in [0.25, 0.3) is 5.56 Å². The second-order valence-electron chi connectivity index (χ2n) is 7.33. The summed E-state index contributed by atoms with van der Waals surface area (Å²) in [6.45, 7) is 3.90. The van der Waals surface area contributed by atoms with Gasteiger partial charge in [-0.05, 0) is 54.6 Å². The summed E-state index contributed by atoms with van der Waals surface area (Å²) >= 11 is 2.51. The van der Waals surface area contributed by atoms with Crippen LogP contribution in [-0.4, -0.2) is 34.3 Å². The number of thioether (sulfide) groups is 1. The minimum Gasteiger partial charge on any atom is -0.465 e. The number of nitrogens with zero attached hydrogens (tertiary/aromatic N) is 2. The van der Waals surface area contributed by atoms with E-state index in [9.17, 15) is 14.4 Å². The lowest BCUT2D eigenvalue weighted by atomic mass is 10.1. The van der Waals surface area contributed by atoms with E-state index in [-0.39, 0.29) is 22.8 Å². The highest BCUT2D eigenvalue weighted by molar-refractivity contribution is 7.99. The predicted octanol–water partition coefficient (Wildman–Crippen LogP) is 4.58. The molecule has 9 heteroatoms.